The molecular weight excluding hydrogens is 204 g/mol. The molecule has 1 aliphatic rings. The molecule has 1 aliphatic carbocycles. The number of esters is 1. The maximum atomic E-state index is 12.6. The van der Waals surface area contributed by atoms with Crippen molar-refractivity contribution in [2.24, 2.45) is 5.41 Å². The van der Waals surface area contributed by atoms with E-state index in [0.717, 1.165) is 0 Å². The Kier molecular flexibility index (Phi) is 3.65. The lowest BCUT2D eigenvalue weighted by Crippen LogP contribution is -2.50. The summed E-state index contributed by atoms with van der Waals surface area (Å²) in [5.41, 5.74) is -0.379. The van der Waals surface area contributed by atoms with Gasteiger partial charge in [0.1, 0.15) is 0 Å². The Morgan fingerprint density at radius 2 is 2.07 bits per heavy atom. The van der Waals surface area contributed by atoms with Crippen molar-refractivity contribution >= 4 is 5.97 Å². The van der Waals surface area contributed by atoms with Crippen molar-refractivity contribution in [3.63, 3.8) is 0 Å². The summed E-state index contributed by atoms with van der Waals surface area (Å²) in [6.07, 6.45) is -0.203. The molecule has 0 heterocycles. The van der Waals surface area contributed by atoms with Gasteiger partial charge in [-0.05, 0) is 12.3 Å². The maximum Gasteiger partial charge on any atom is 0.319 e. The van der Waals surface area contributed by atoms with Gasteiger partial charge in [0.05, 0.1) is 13.2 Å². The molecule has 1 fully saturated rings. The fourth-order valence-corrected chi connectivity index (χ4v) is 2.00. The van der Waals surface area contributed by atoms with Crippen LogP contribution in [0.1, 0.15) is 26.7 Å². The monoisotopic (exact) mass is 221 g/mol. The van der Waals surface area contributed by atoms with Crippen LogP contribution in [-0.4, -0.2) is 31.6 Å². The molecule has 88 valence electrons. The van der Waals surface area contributed by atoms with E-state index in [9.17, 15) is 13.6 Å². The highest BCUT2D eigenvalue weighted by Crippen LogP contribution is 2.51. The third kappa shape index (κ3) is 3.74. The van der Waals surface area contributed by atoms with E-state index in [4.69, 9.17) is 4.74 Å². The summed E-state index contributed by atoms with van der Waals surface area (Å²) in [4.78, 5) is 10.9. The fraction of sp³-hybridized carbons (Fsp3) is 0.900. The number of hydrogen-bond acceptors (Lipinski definition) is 3. The van der Waals surface area contributed by atoms with Gasteiger partial charge in [-0.1, -0.05) is 6.92 Å². The first kappa shape index (κ1) is 12.4. The first-order valence-electron chi connectivity index (χ1n) is 5.11. The summed E-state index contributed by atoms with van der Waals surface area (Å²) in [6, 6.07) is 0. The molecule has 1 N–H and O–H groups in total. The van der Waals surface area contributed by atoms with Gasteiger partial charge in [0.25, 0.3) is 0 Å². The summed E-state index contributed by atoms with van der Waals surface area (Å²) in [5, 5.41) is 2.84. The zero-order valence-corrected chi connectivity index (χ0v) is 9.11. The molecule has 0 atom stereocenters. The molecule has 0 amide bonds. The second kappa shape index (κ2) is 4.43. The summed E-state index contributed by atoms with van der Waals surface area (Å²) in [5.74, 6) is -2.85. The molecule has 0 saturated heterocycles. The predicted molar refractivity (Wildman–Crippen MR) is 51.8 cm³/mol. The first-order chi connectivity index (χ1) is 6.87. The van der Waals surface area contributed by atoms with Gasteiger partial charge >= 0.3 is 5.97 Å². The van der Waals surface area contributed by atoms with Crippen LogP contribution in [-0.2, 0) is 9.53 Å². The zero-order valence-electron chi connectivity index (χ0n) is 9.11. The van der Waals surface area contributed by atoms with Crippen LogP contribution < -0.4 is 5.32 Å². The average Bonchev–Trinajstić information content (AvgIpc) is 2.00. The van der Waals surface area contributed by atoms with E-state index in [1.54, 1.807) is 13.8 Å². The lowest BCUT2D eigenvalue weighted by atomic mass is 9.67. The zero-order chi connectivity index (χ0) is 11.5. The lowest BCUT2D eigenvalue weighted by molar-refractivity contribution is -0.153. The Bertz CT molecular complexity index is 236. The third-order valence-corrected chi connectivity index (χ3v) is 2.50. The molecule has 0 radical (unpaired) electrons. The molecule has 1 saturated carbocycles. The van der Waals surface area contributed by atoms with Crippen LogP contribution in [0, 0.1) is 5.41 Å². The van der Waals surface area contributed by atoms with E-state index in [1.165, 1.54) is 0 Å². The van der Waals surface area contributed by atoms with Crippen molar-refractivity contribution in [2.45, 2.75) is 32.6 Å². The Labute approximate surface area is 88.2 Å². The van der Waals surface area contributed by atoms with Crippen LogP contribution in [0.4, 0.5) is 8.78 Å². The highest BCUT2D eigenvalue weighted by molar-refractivity contribution is 5.71. The van der Waals surface area contributed by atoms with Crippen LogP contribution >= 0.6 is 0 Å². The molecule has 5 heteroatoms. The van der Waals surface area contributed by atoms with E-state index in [1.807, 2.05) is 0 Å². The molecule has 0 aromatic heterocycles. The van der Waals surface area contributed by atoms with Gasteiger partial charge in [-0.25, -0.2) is 8.78 Å². The van der Waals surface area contributed by atoms with Crippen LogP contribution in [0.5, 0.6) is 0 Å². The van der Waals surface area contributed by atoms with Gasteiger partial charge in [-0.15, -0.1) is 0 Å². The number of hydrogen-bond donors (Lipinski definition) is 1. The summed E-state index contributed by atoms with van der Waals surface area (Å²) < 4.78 is 29.9. The number of halogens is 2. The van der Waals surface area contributed by atoms with Gasteiger partial charge in [0.2, 0.25) is 5.92 Å². The van der Waals surface area contributed by atoms with E-state index >= 15 is 0 Å². The third-order valence-electron chi connectivity index (χ3n) is 2.50. The van der Waals surface area contributed by atoms with E-state index in [0.29, 0.717) is 13.2 Å². The summed E-state index contributed by atoms with van der Waals surface area (Å²) >= 11 is 0. The molecule has 3 nitrogen and oxygen atoms in total. The molecule has 15 heavy (non-hydrogen) atoms. The van der Waals surface area contributed by atoms with E-state index in [-0.39, 0.29) is 30.8 Å². The maximum absolute atomic E-state index is 12.6. The Morgan fingerprint density at radius 3 is 2.53 bits per heavy atom. The van der Waals surface area contributed by atoms with Crippen LogP contribution in [0.3, 0.4) is 0 Å². The van der Waals surface area contributed by atoms with E-state index in [2.05, 4.69) is 5.32 Å². The molecule has 0 aromatic rings. The summed E-state index contributed by atoms with van der Waals surface area (Å²) in [7, 11) is 0. The quantitative estimate of drug-likeness (QED) is 0.716. The first-order valence-corrected chi connectivity index (χ1v) is 5.11. The van der Waals surface area contributed by atoms with Gasteiger partial charge < -0.3 is 10.1 Å². The molecule has 0 aromatic carbocycles. The SMILES string of the molecule is CCOC(=O)CNCC1(C)CC(F)(F)C1. The van der Waals surface area contributed by atoms with Crippen LogP contribution in [0.2, 0.25) is 0 Å². The number of carbonyl (C=O) groups is 1. The average molecular weight is 221 g/mol. The standard InChI is InChI=1S/C10H17F2NO2/c1-3-15-8(14)4-13-7-9(2)5-10(11,12)6-9/h13H,3-7H2,1-2H3. The molecule has 0 bridgehead atoms. The van der Waals surface area contributed by atoms with Gasteiger partial charge in [-0.3, -0.25) is 4.79 Å². The fourth-order valence-electron chi connectivity index (χ4n) is 2.00. The number of ether oxygens (including phenoxy) is 1. The van der Waals surface area contributed by atoms with Crippen molar-refractivity contribution in [3.8, 4) is 0 Å². The highest BCUT2D eigenvalue weighted by atomic mass is 19.3. The number of alkyl halides is 2. The second-order valence-electron chi connectivity index (χ2n) is 4.43. The van der Waals surface area contributed by atoms with Gasteiger partial charge in [0, 0.05) is 19.4 Å². The second-order valence-corrected chi connectivity index (χ2v) is 4.43. The Morgan fingerprint density at radius 1 is 1.47 bits per heavy atom. The van der Waals surface area contributed by atoms with Gasteiger partial charge in [-0.2, -0.15) is 0 Å². The number of nitrogens with one attached hydrogen (secondary N) is 1. The Balaban J connectivity index is 2.14. The van der Waals surface area contributed by atoms with Crippen molar-refractivity contribution in [1.29, 1.82) is 0 Å². The Hall–Kier alpha value is -0.710. The van der Waals surface area contributed by atoms with Crippen LogP contribution in [0.25, 0.3) is 0 Å². The molecule has 0 unspecified atom stereocenters. The van der Waals surface area contributed by atoms with Crippen molar-refractivity contribution in [1.82, 2.24) is 5.32 Å². The topological polar surface area (TPSA) is 38.3 Å². The lowest BCUT2D eigenvalue weighted by Gasteiger charge is -2.44. The molecule has 0 spiro atoms. The van der Waals surface area contributed by atoms with Gasteiger partial charge in [0.15, 0.2) is 0 Å². The van der Waals surface area contributed by atoms with E-state index < -0.39 is 5.92 Å². The summed E-state index contributed by atoms with van der Waals surface area (Å²) in [6.45, 7) is 4.39. The molecular formula is C10H17F2NO2. The molecule has 1 rings (SSSR count). The minimum Gasteiger partial charge on any atom is -0.465 e. The largest absolute Gasteiger partial charge is 0.465 e. The number of rotatable bonds is 5. The number of carbonyl (C=O) groups excluding carboxylic acids is 1. The minimum absolute atomic E-state index is 0.0923. The van der Waals surface area contributed by atoms with Crippen molar-refractivity contribution in [3.05, 3.63) is 0 Å². The van der Waals surface area contributed by atoms with Crippen molar-refractivity contribution in [2.75, 3.05) is 19.7 Å². The van der Waals surface area contributed by atoms with Crippen LogP contribution in [0.15, 0.2) is 0 Å². The molecule has 0 aliphatic heterocycles. The smallest absolute Gasteiger partial charge is 0.319 e. The predicted octanol–water partition coefficient (Wildman–Crippen LogP) is 1.57. The normalized spacial score (nSPS) is 21.9. The van der Waals surface area contributed by atoms with Crippen molar-refractivity contribution < 1.29 is 18.3 Å². The minimum atomic E-state index is -2.51. The highest BCUT2D eigenvalue weighted by Gasteiger charge is 2.53.